The number of aromatic nitrogens is 1. The molecule has 1 aromatic heterocycles. The third kappa shape index (κ3) is 2.85. The molecule has 0 saturated carbocycles. The van der Waals surface area contributed by atoms with E-state index in [-0.39, 0.29) is 5.91 Å². The van der Waals surface area contributed by atoms with Crippen LogP contribution in [0.3, 0.4) is 0 Å². The Labute approximate surface area is 109 Å². The van der Waals surface area contributed by atoms with Crippen molar-refractivity contribution in [2.24, 2.45) is 5.84 Å². The Kier molecular flexibility index (Phi) is 3.91. The maximum atomic E-state index is 12.0. The fraction of sp³-hybridized carbons (Fsp3) is 0.167. The first-order valence-corrected chi connectivity index (χ1v) is 6.31. The first-order valence-electron chi connectivity index (χ1n) is 5.43. The van der Waals surface area contributed by atoms with Gasteiger partial charge in [0.25, 0.3) is 5.91 Å². The van der Waals surface area contributed by atoms with Crippen molar-refractivity contribution in [3.05, 3.63) is 45.9 Å². The number of hydrogen-bond acceptors (Lipinski definition) is 5. The molecule has 0 aliphatic heterocycles. The second-order valence-corrected chi connectivity index (χ2v) is 4.81. The van der Waals surface area contributed by atoms with Crippen LogP contribution in [0.1, 0.15) is 20.8 Å². The lowest BCUT2D eigenvalue weighted by Gasteiger charge is -2.09. The zero-order valence-electron chi connectivity index (χ0n) is 9.93. The molecule has 0 unspecified atom stereocenters. The van der Waals surface area contributed by atoms with Crippen LogP contribution in [-0.2, 0) is 6.54 Å². The number of aryl methyl sites for hydroxylation is 1. The highest BCUT2D eigenvalue weighted by Crippen LogP contribution is 2.16. The van der Waals surface area contributed by atoms with Gasteiger partial charge in [0.15, 0.2) is 0 Å². The number of nitrogens with one attached hydrogen (secondary N) is 2. The van der Waals surface area contributed by atoms with Gasteiger partial charge in [0.2, 0.25) is 0 Å². The highest BCUT2D eigenvalue weighted by Gasteiger charge is 2.11. The maximum Gasteiger partial charge on any atom is 0.253 e. The fourth-order valence-electron chi connectivity index (χ4n) is 1.56. The minimum atomic E-state index is -0.153. The van der Waals surface area contributed by atoms with Gasteiger partial charge in [0.05, 0.1) is 23.3 Å². The molecule has 1 amide bonds. The number of nitrogen functional groups attached to an aromatic ring is 1. The Bertz CT molecular complexity index is 539. The zero-order chi connectivity index (χ0) is 13.0. The Morgan fingerprint density at radius 2 is 2.33 bits per heavy atom. The van der Waals surface area contributed by atoms with Crippen LogP contribution in [0.5, 0.6) is 0 Å². The quantitative estimate of drug-likeness (QED) is 0.578. The van der Waals surface area contributed by atoms with Gasteiger partial charge in [-0.2, -0.15) is 0 Å². The molecule has 0 saturated heterocycles. The summed E-state index contributed by atoms with van der Waals surface area (Å²) in [6, 6.07) is 5.49. The van der Waals surface area contributed by atoms with Gasteiger partial charge in [0.1, 0.15) is 0 Å². The van der Waals surface area contributed by atoms with E-state index in [9.17, 15) is 4.79 Å². The van der Waals surface area contributed by atoms with Crippen LogP contribution in [0.15, 0.2) is 29.9 Å². The predicted molar refractivity (Wildman–Crippen MR) is 72.3 cm³/mol. The Morgan fingerprint density at radius 3 is 3.00 bits per heavy atom. The van der Waals surface area contributed by atoms with E-state index in [0.29, 0.717) is 17.8 Å². The number of hydrogen-bond donors (Lipinski definition) is 3. The van der Waals surface area contributed by atoms with Gasteiger partial charge in [-0.1, -0.05) is 11.6 Å². The minimum absolute atomic E-state index is 0.153. The van der Waals surface area contributed by atoms with Crippen molar-refractivity contribution in [2.45, 2.75) is 13.5 Å². The van der Waals surface area contributed by atoms with E-state index in [1.807, 2.05) is 13.0 Å². The summed E-state index contributed by atoms with van der Waals surface area (Å²) in [6.07, 6.45) is 1.74. The van der Waals surface area contributed by atoms with E-state index in [0.717, 1.165) is 10.4 Å². The van der Waals surface area contributed by atoms with E-state index in [4.69, 9.17) is 5.84 Å². The largest absolute Gasteiger partial charge is 0.347 e. The number of benzene rings is 1. The first-order chi connectivity index (χ1) is 8.70. The standard InChI is InChI=1S/C12H14N4OS/c1-8-2-3-11(16-13)10(4-8)12(17)15-6-9-5-14-7-18-9/h2-5,7,16H,6,13H2,1H3,(H,15,17). The van der Waals surface area contributed by atoms with Crippen LogP contribution in [-0.4, -0.2) is 10.9 Å². The average molecular weight is 262 g/mol. The second kappa shape index (κ2) is 5.61. The number of nitrogens with zero attached hydrogens (tertiary/aromatic N) is 1. The highest BCUT2D eigenvalue weighted by molar-refractivity contribution is 7.09. The fourth-order valence-corrected chi connectivity index (χ4v) is 2.10. The monoisotopic (exact) mass is 262 g/mol. The minimum Gasteiger partial charge on any atom is -0.347 e. The van der Waals surface area contributed by atoms with Gasteiger partial charge >= 0.3 is 0 Å². The van der Waals surface area contributed by atoms with Crippen LogP contribution >= 0.6 is 11.3 Å². The first kappa shape index (κ1) is 12.5. The summed E-state index contributed by atoms with van der Waals surface area (Å²) in [5.41, 5.74) is 6.43. The number of rotatable bonds is 4. The van der Waals surface area contributed by atoms with Gasteiger partial charge in [-0.15, -0.1) is 11.3 Å². The SMILES string of the molecule is Cc1ccc(NN)c(C(=O)NCc2cncs2)c1. The molecule has 6 heteroatoms. The van der Waals surface area contributed by atoms with Gasteiger partial charge in [-0.3, -0.25) is 15.6 Å². The smallest absolute Gasteiger partial charge is 0.253 e. The van der Waals surface area contributed by atoms with Crippen LogP contribution in [0, 0.1) is 6.92 Å². The van der Waals surface area contributed by atoms with E-state index in [1.165, 1.54) is 11.3 Å². The number of hydrazine groups is 1. The molecule has 0 aliphatic carbocycles. The number of amides is 1. The molecule has 0 aliphatic rings. The molecule has 0 radical (unpaired) electrons. The summed E-state index contributed by atoms with van der Waals surface area (Å²) in [5, 5.41) is 2.84. The lowest BCUT2D eigenvalue weighted by Crippen LogP contribution is -2.24. The maximum absolute atomic E-state index is 12.0. The number of nitrogens with two attached hydrogens (primary N) is 1. The summed E-state index contributed by atoms with van der Waals surface area (Å²) in [7, 11) is 0. The predicted octanol–water partition coefficient (Wildman–Crippen LogP) is 1.67. The average Bonchev–Trinajstić information content (AvgIpc) is 2.89. The molecule has 5 nitrogen and oxygen atoms in total. The van der Waals surface area contributed by atoms with Crippen molar-refractivity contribution in [2.75, 3.05) is 5.43 Å². The summed E-state index contributed by atoms with van der Waals surface area (Å²) >= 11 is 1.51. The third-order valence-electron chi connectivity index (χ3n) is 2.48. The van der Waals surface area contributed by atoms with E-state index in [2.05, 4.69) is 15.7 Å². The van der Waals surface area contributed by atoms with Crippen molar-refractivity contribution >= 4 is 22.9 Å². The second-order valence-electron chi connectivity index (χ2n) is 3.84. The number of anilines is 1. The Hall–Kier alpha value is -1.92. The van der Waals surface area contributed by atoms with Gasteiger partial charge in [-0.05, 0) is 19.1 Å². The summed E-state index contributed by atoms with van der Waals surface area (Å²) in [5.74, 6) is 5.24. The van der Waals surface area contributed by atoms with Gasteiger partial charge < -0.3 is 10.7 Å². The van der Waals surface area contributed by atoms with Crippen molar-refractivity contribution in [1.82, 2.24) is 10.3 Å². The topological polar surface area (TPSA) is 80.0 Å². The molecule has 94 valence electrons. The summed E-state index contributed by atoms with van der Waals surface area (Å²) in [6.45, 7) is 2.40. The Balaban J connectivity index is 2.10. The van der Waals surface area contributed by atoms with Crippen LogP contribution in [0.2, 0.25) is 0 Å². The molecule has 0 atom stereocenters. The molecule has 0 spiro atoms. The number of carbonyl (C=O) groups excluding carboxylic acids is 1. The van der Waals surface area contributed by atoms with Crippen molar-refractivity contribution < 1.29 is 4.79 Å². The normalized spacial score (nSPS) is 10.1. The molecule has 1 aromatic carbocycles. The summed E-state index contributed by atoms with van der Waals surface area (Å²) in [4.78, 5) is 17.0. The lowest BCUT2D eigenvalue weighted by molar-refractivity contribution is 0.0952. The zero-order valence-corrected chi connectivity index (χ0v) is 10.8. The molecular formula is C12H14N4OS. The number of thiazole rings is 1. The molecule has 18 heavy (non-hydrogen) atoms. The molecule has 2 rings (SSSR count). The highest BCUT2D eigenvalue weighted by atomic mass is 32.1. The third-order valence-corrected chi connectivity index (χ3v) is 3.26. The molecule has 0 fully saturated rings. The summed E-state index contributed by atoms with van der Waals surface area (Å²) < 4.78 is 0. The van der Waals surface area contributed by atoms with E-state index < -0.39 is 0 Å². The van der Waals surface area contributed by atoms with Gasteiger partial charge in [-0.25, -0.2) is 0 Å². The van der Waals surface area contributed by atoms with Crippen molar-refractivity contribution in [3.63, 3.8) is 0 Å². The number of carbonyl (C=O) groups is 1. The Morgan fingerprint density at radius 1 is 1.50 bits per heavy atom. The molecule has 1 heterocycles. The lowest BCUT2D eigenvalue weighted by atomic mass is 10.1. The van der Waals surface area contributed by atoms with Crippen molar-refractivity contribution in [3.8, 4) is 0 Å². The van der Waals surface area contributed by atoms with Crippen LogP contribution in [0.4, 0.5) is 5.69 Å². The molecule has 0 bridgehead atoms. The molecule has 2 aromatic rings. The van der Waals surface area contributed by atoms with E-state index >= 15 is 0 Å². The molecular weight excluding hydrogens is 248 g/mol. The van der Waals surface area contributed by atoms with E-state index in [1.54, 1.807) is 23.8 Å². The van der Waals surface area contributed by atoms with Gasteiger partial charge in [0, 0.05) is 11.1 Å². The van der Waals surface area contributed by atoms with Crippen LogP contribution < -0.4 is 16.6 Å². The van der Waals surface area contributed by atoms with Crippen molar-refractivity contribution in [1.29, 1.82) is 0 Å². The van der Waals surface area contributed by atoms with Crippen LogP contribution in [0.25, 0.3) is 0 Å². The molecule has 4 N–H and O–H groups in total.